The molecule has 4 heteroatoms. The van der Waals surface area contributed by atoms with E-state index < -0.39 is 11.9 Å². The van der Waals surface area contributed by atoms with Gasteiger partial charge in [0.1, 0.15) is 11.7 Å². The van der Waals surface area contributed by atoms with Crippen molar-refractivity contribution < 1.29 is 14.6 Å². The van der Waals surface area contributed by atoms with E-state index in [0.29, 0.717) is 10.8 Å². The zero-order valence-electron chi connectivity index (χ0n) is 7.81. The molecule has 0 aliphatic carbocycles. The van der Waals surface area contributed by atoms with Crippen LogP contribution in [0.4, 0.5) is 0 Å². The number of esters is 1. The fraction of sp³-hybridized carbons (Fsp3) is 0.182. The maximum atomic E-state index is 11.2. The smallest absolute Gasteiger partial charge is 0.320 e. The number of carbonyl (C=O) groups is 1. The van der Waals surface area contributed by atoms with E-state index in [4.69, 9.17) is 21.4 Å². The second-order valence-electron chi connectivity index (χ2n) is 3.25. The van der Waals surface area contributed by atoms with Crippen LogP contribution in [0.5, 0.6) is 0 Å². The van der Waals surface area contributed by atoms with Crippen LogP contribution in [0.25, 0.3) is 5.76 Å². The van der Waals surface area contributed by atoms with Crippen LogP contribution in [-0.2, 0) is 9.53 Å². The fourth-order valence-corrected chi connectivity index (χ4v) is 1.49. The summed E-state index contributed by atoms with van der Waals surface area (Å²) in [6, 6.07) is 6.97. The van der Waals surface area contributed by atoms with Crippen molar-refractivity contribution in [1.29, 1.82) is 0 Å². The Morgan fingerprint density at radius 3 is 2.53 bits per heavy atom. The van der Waals surface area contributed by atoms with Gasteiger partial charge in [-0.2, -0.15) is 0 Å². The Kier molecular flexibility index (Phi) is 2.75. The molecule has 3 nitrogen and oxygen atoms in total. The summed E-state index contributed by atoms with van der Waals surface area (Å²) in [6.07, 6.45) is 1.62. The van der Waals surface area contributed by atoms with E-state index in [-0.39, 0.29) is 6.61 Å². The zero-order chi connectivity index (χ0) is 10.8. The monoisotopic (exact) mass is 224 g/mol. The minimum atomic E-state index is -0.546. The Labute approximate surface area is 91.9 Å². The average molecular weight is 225 g/mol. The molecule has 1 heterocycles. The first-order valence-electron chi connectivity index (χ1n) is 4.51. The summed E-state index contributed by atoms with van der Waals surface area (Å²) < 4.78 is 5.01. The molecule has 0 aromatic heterocycles. The highest BCUT2D eigenvalue weighted by molar-refractivity contribution is 6.30. The van der Waals surface area contributed by atoms with E-state index in [2.05, 4.69) is 0 Å². The standard InChI is InChI=1S/C11H9ClO3/c12-9-3-1-7(2-4-9)10-5-8(6-13)11(14)15-10/h1-5,8,13H,6H2. The number of hydrogen-bond donors (Lipinski definition) is 1. The van der Waals surface area contributed by atoms with Crippen molar-refractivity contribution in [3.8, 4) is 0 Å². The number of carbonyl (C=O) groups excluding carboxylic acids is 1. The van der Waals surface area contributed by atoms with Gasteiger partial charge in [-0.1, -0.05) is 11.6 Å². The number of rotatable bonds is 2. The minimum absolute atomic E-state index is 0.226. The lowest BCUT2D eigenvalue weighted by Crippen LogP contribution is -2.11. The van der Waals surface area contributed by atoms with Crippen LogP contribution in [0.15, 0.2) is 30.3 Å². The summed E-state index contributed by atoms with van der Waals surface area (Å²) in [5.74, 6) is -0.478. The van der Waals surface area contributed by atoms with Crippen LogP contribution < -0.4 is 0 Å². The van der Waals surface area contributed by atoms with Gasteiger partial charge in [-0.15, -0.1) is 0 Å². The van der Waals surface area contributed by atoms with Crippen LogP contribution >= 0.6 is 11.6 Å². The van der Waals surface area contributed by atoms with E-state index in [9.17, 15) is 4.79 Å². The first-order valence-corrected chi connectivity index (χ1v) is 4.89. The second-order valence-corrected chi connectivity index (χ2v) is 3.68. The molecule has 1 aromatic rings. The Morgan fingerprint density at radius 1 is 1.33 bits per heavy atom. The third-order valence-electron chi connectivity index (χ3n) is 2.19. The largest absolute Gasteiger partial charge is 0.426 e. The summed E-state index contributed by atoms with van der Waals surface area (Å²) in [4.78, 5) is 11.2. The Balaban J connectivity index is 2.26. The third kappa shape index (κ3) is 2.03. The molecule has 0 amide bonds. The van der Waals surface area contributed by atoms with E-state index in [0.717, 1.165) is 5.56 Å². The molecule has 0 saturated carbocycles. The summed E-state index contributed by atoms with van der Waals surface area (Å²) in [7, 11) is 0. The maximum Gasteiger partial charge on any atom is 0.320 e. The van der Waals surface area contributed by atoms with Crippen LogP contribution in [0.1, 0.15) is 5.56 Å². The molecule has 1 aliphatic heterocycles. The summed E-state index contributed by atoms with van der Waals surface area (Å²) in [5, 5.41) is 9.51. The lowest BCUT2D eigenvalue weighted by molar-refractivity contribution is -0.138. The fourth-order valence-electron chi connectivity index (χ4n) is 1.37. The molecule has 1 unspecified atom stereocenters. The second kappa shape index (κ2) is 4.04. The topological polar surface area (TPSA) is 46.5 Å². The van der Waals surface area contributed by atoms with E-state index in [1.807, 2.05) is 0 Å². The van der Waals surface area contributed by atoms with Crippen molar-refractivity contribution in [1.82, 2.24) is 0 Å². The lowest BCUT2D eigenvalue weighted by atomic mass is 10.1. The van der Waals surface area contributed by atoms with Gasteiger partial charge in [0.2, 0.25) is 0 Å². The minimum Gasteiger partial charge on any atom is -0.426 e. The normalized spacial score (nSPS) is 20.0. The molecule has 2 rings (SSSR count). The number of halogens is 1. The van der Waals surface area contributed by atoms with Gasteiger partial charge in [0.05, 0.1) is 6.61 Å². The number of cyclic esters (lactones) is 1. The van der Waals surface area contributed by atoms with Gasteiger partial charge in [-0.25, -0.2) is 0 Å². The van der Waals surface area contributed by atoms with Gasteiger partial charge in [0.25, 0.3) is 0 Å². The van der Waals surface area contributed by atoms with E-state index >= 15 is 0 Å². The van der Waals surface area contributed by atoms with E-state index in [1.165, 1.54) is 0 Å². The summed E-state index contributed by atoms with van der Waals surface area (Å²) in [6.45, 7) is -0.226. The zero-order valence-corrected chi connectivity index (χ0v) is 8.57. The predicted octanol–water partition coefficient (Wildman–Crippen LogP) is 1.85. The van der Waals surface area contributed by atoms with Gasteiger partial charge in [-0.05, 0) is 30.3 Å². The molecule has 0 saturated heterocycles. The summed E-state index contributed by atoms with van der Waals surface area (Å²) >= 11 is 5.74. The van der Waals surface area contributed by atoms with Crippen molar-refractivity contribution >= 4 is 23.3 Å². The van der Waals surface area contributed by atoms with Gasteiger partial charge < -0.3 is 9.84 Å². The van der Waals surface area contributed by atoms with E-state index in [1.54, 1.807) is 30.3 Å². The Bertz CT molecular complexity index is 408. The van der Waals surface area contributed by atoms with Crippen molar-refractivity contribution in [3.63, 3.8) is 0 Å². The van der Waals surface area contributed by atoms with Gasteiger partial charge in [0.15, 0.2) is 0 Å². The molecule has 1 aliphatic rings. The van der Waals surface area contributed by atoms with Gasteiger partial charge >= 0.3 is 5.97 Å². The number of ether oxygens (including phenoxy) is 1. The number of hydrogen-bond acceptors (Lipinski definition) is 3. The van der Waals surface area contributed by atoms with Crippen LogP contribution in [0.2, 0.25) is 5.02 Å². The highest BCUT2D eigenvalue weighted by atomic mass is 35.5. The van der Waals surface area contributed by atoms with Crippen molar-refractivity contribution in [2.75, 3.05) is 6.61 Å². The molecule has 0 radical (unpaired) electrons. The molecule has 0 fully saturated rings. The maximum absolute atomic E-state index is 11.2. The van der Waals surface area contributed by atoms with Crippen molar-refractivity contribution in [2.24, 2.45) is 5.92 Å². The number of aliphatic hydroxyl groups excluding tert-OH is 1. The third-order valence-corrected chi connectivity index (χ3v) is 2.44. The molecule has 15 heavy (non-hydrogen) atoms. The van der Waals surface area contributed by atoms with Crippen molar-refractivity contribution in [2.45, 2.75) is 0 Å². The summed E-state index contributed by atoms with van der Waals surface area (Å²) in [5.41, 5.74) is 0.781. The Hall–Kier alpha value is -1.32. The van der Waals surface area contributed by atoms with Crippen LogP contribution in [0.3, 0.4) is 0 Å². The first-order chi connectivity index (χ1) is 7.20. The SMILES string of the molecule is O=C1OC(c2ccc(Cl)cc2)=CC1CO. The molecule has 1 aromatic carbocycles. The highest BCUT2D eigenvalue weighted by Gasteiger charge is 2.26. The molecule has 78 valence electrons. The number of benzene rings is 1. The van der Waals surface area contributed by atoms with Crippen molar-refractivity contribution in [3.05, 3.63) is 40.9 Å². The number of aliphatic hydroxyl groups is 1. The molecule has 0 bridgehead atoms. The molecule has 1 atom stereocenters. The van der Waals surface area contributed by atoms with Crippen LogP contribution in [-0.4, -0.2) is 17.7 Å². The van der Waals surface area contributed by atoms with Gasteiger partial charge in [0, 0.05) is 10.6 Å². The Morgan fingerprint density at radius 2 is 2.00 bits per heavy atom. The predicted molar refractivity (Wildman–Crippen MR) is 56.1 cm³/mol. The first kappa shape index (κ1) is 10.2. The van der Waals surface area contributed by atoms with Gasteiger partial charge in [-0.3, -0.25) is 4.79 Å². The molecule has 0 spiro atoms. The molecule has 1 N–H and O–H groups in total. The average Bonchev–Trinajstić information content (AvgIpc) is 2.61. The highest BCUT2D eigenvalue weighted by Crippen LogP contribution is 2.26. The quantitative estimate of drug-likeness (QED) is 0.780. The molecular weight excluding hydrogens is 216 g/mol. The van der Waals surface area contributed by atoms with Crippen LogP contribution in [0, 0.1) is 5.92 Å². The lowest BCUT2D eigenvalue weighted by Gasteiger charge is -2.01. The molecular formula is C11H9ClO3.